The average molecular weight is 336 g/mol. The Bertz CT molecular complexity index is 435. The van der Waals surface area contributed by atoms with Crippen LogP contribution in [0.1, 0.15) is 26.7 Å². The van der Waals surface area contributed by atoms with Crippen LogP contribution in [0.15, 0.2) is 0 Å². The lowest BCUT2D eigenvalue weighted by atomic mass is 10.00. The number of nitrogens with zero attached hydrogens (tertiary/aromatic N) is 4. The molecule has 6 heteroatoms. The first-order valence-electron chi connectivity index (χ1n) is 9.19. The Balaban J connectivity index is 1.73. The summed E-state index contributed by atoms with van der Waals surface area (Å²) >= 11 is 0. The molecular weight excluding hydrogens is 304 g/mol. The van der Waals surface area contributed by atoms with Gasteiger partial charge in [-0.2, -0.15) is 5.26 Å². The maximum Gasteiger partial charge on any atom is 0.236 e. The van der Waals surface area contributed by atoms with Crippen molar-refractivity contribution < 1.29 is 9.53 Å². The zero-order valence-electron chi connectivity index (χ0n) is 15.4. The molecule has 2 aliphatic heterocycles. The molecule has 0 bridgehead atoms. The molecule has 0 aromatic carbocycles. The molecule has 0 spiro atoms. The second-order valence-electron chi connectivity index (χ2n) is 7.49. The normalized spacial score (nSPS) is 21.9. The van der Waals surface area contributed by atoms with E-state index in [2.05, 4.69) is 29.7 Å². The molecule has 0 aromatic rings. The van der Waals surface area contributed by atoms with Crippen molar-refractivity contribution in [2.45, 2.75) is 32.7 Å². The predicted molar refractivity (Wildman–Crippen MR) is 93.4 cm³/mol. The first-order valence-corrected chi connectivity index (χ1v) is 9.19. The van der Waals surface area contributed by atoms with Gasteiger partial charge in [-0.3, -0.25) is 14.6 Å². The monoisotopic (exact) mass is 336 g/mol. The summed E-state index contributed by atoms with van der Waals surface area (Å²) in [6.07, 6.45) is 2.20. The Labute approximate surface area is 146 Å². The number of ether oxygens (including phenoxy) is 1. The standard InChI is InChI=1S/C18H32N4O2/c1-15(2)17(12-19)21-6-8-22(9-7-21)18(23)14-20(3)13-16-4-10-24-11-5-16/h15-17H,4-11,13-14H2,1-3H3/t17-/m1/s1. The number of piperazine rings is 1. The second kappa shape index (κ2) is 9.36. The highest BCUT2D eigenvalue weighted by Crippen LogP contribution is 2.16. The third-order valence-electron chi connectivity index (χ3n) is 5.14. The van der Waals surface area contributed by atoms with Gasteiger partial charge in [0.05, 0.1) is 12.6 Å². The van der Waals surface area contributed by atoms with Crippen LogP contribution in [0.3, 0.4) is 0 Å². The van der Waals surface area contributed by atoms with Gasteiger partial charge in [0.15, 0.2) is 0 Å². The van der Waals surface area contributed by atoms with E-state index in [1.165, 1.54) is 0 Å². The Morgan fingerprint density at radius 2 is 1.88 bits per heavy atom. The number of hydrogen-bond acceptors (Lipinski definition) is 5. The van der Waals surface area contributed by atoms with Gasteiger partial charge in [0, 0.05) is 45.9 Å². The van der Waals surface area contributed by atoms with E-state index in [0.29, 0.717) is 18.4 Å². The number of carbonyl (C=O) groups excluding carboxylic acids is 1. The van der Waals surface area contributed by atoms with Crippen molar-refractivity contribution in [3.05, 3.63) is 0 Å². The molecule has 0 unspecified atom stereocenters. The molecule has 0 aliphatic carbocycles. The van der Waals surface area contributed by atoms with Gasteiger partial charge in [-0.25, -0.2) is 0 Å². The average Bonchev–Trinajstić information content (AvgIpc) is 2.56. The fraction of sp³-hybridized carbons (Fsp3) is 0.889. The Morgan fingerprint density at radius 3 is 2.42 bits per heavy atom. The number of rotatable bonds is 6. The predicted octanol–water partition coefficient (Wildman–Crippen LogP) is 1.04. The summed E-state index contributed by atoms with van der Waals surface area (Å²) in [4.78, 5) is 18.8. The van der Waals surface area contributed by atoms with Gasteiger partial charge >= 0.3 is 0 Å². The highest BCUT2D eigenvalue weighted by atomic mass is 16.5. The van der Waals surface area contributed by atoms with Gasteiger partial charge in [0.2, 0.25) is 5.91 Å². The van der Waals surface area contributed by atoms with Crippen molar-refractivity contribution >= 4 is 5.91 Å². The molecule has 2 rings (SSSR count). The van der Waals surface area contributed by atoms with Crippen LogP contribution >= 0.6 is 0 Å². The first kappa shape index (κ1) is 19.2. The molecule has 2 heterocycles. The molecule has 1 amide bonds. The third kappa shape index (κ3) is 5.44. The molecule has 136 valence electrons. The van der Waals surface area contributed by atoms with Gasteiger partial charge in [-0.1, -0.05) is 13.8 Å². The highest BCUT2D eigenvalue weighted by molar-refractivity contribution is 5.78. The lowest BCUT2D eigenvalue weighted by Crippen LogP contribution is -2.54. The zero-order chi connectivity index (χ0) is 17.5. The van der Waals surface area contributed by atoms with E-state index in [9.17, 15) is 10.1 Å². The topological polar surface area (TPSA) is 59.8 Å². The van der Waals surface area contributed by atoms with E-state index in [0.717, 1.165) is 58.8 Å². The summed E-state index contributed by atoms with van der Waals surface area (Å²) in [6, 6.07) is 2.35. The van der Waals surface area contributed by atoms with Crippen molar-refractivity contribution in [2.75, 3.05) is 59.5 Å². The van der Waals surface area contributed by atoms with Gasteiger partial charge in [-0.05, 0) is 31.7 Å². The molecule has 2 aliphatic rings. The highest BCUT2D eigenvalue weighted by Gasteiger charge is 2.28. The van der Waals surface area contributed by atoms with E-state index >= 15 is 0 Å². The minimum absolute atomic E-state index is 0.0431. The summed E-state index contributed by atoms with van der Waals surface area (Å²) in [5, 5.41) is 9.31. The molecule has 0 N–H and O–H groups in total. The molecule has 0 aromatic heterocycles. The molecule has 1 atom stereocenters. The van der Waals surface area contributed by atoms with Crippen LogP contribution < -0.4 is 0 Å². The maximum absolute atomic E-state index is 12.5. The molecule has 2 fully saturated rings. The maximum atomic E-state index is 12.5. The summed E-state index contributed by atoms with van der Waals surface area (Å²) in [6.45, 7) is 10.4. The summed E-state index contributed by atoms with van der Waals surface area (Å²) in [7, 11) is 2.04. The minimum Gasteiger partial charge on any atom is -0.381 e. The molecule has 24 heavy (non-hydrogen) atoms. The number of carbonyl (C=O) groups is 1. The Hall–Kier alpha value is -1.16. The van der Waals surface area contributed by atoms with Crippen LogP contribution in [0, 0.1) is 23.2 Å². The van der Waals surface area contributed by atoms with Crippen LogP contribution in [-0.4, -0.2) is 86.2 Å². The molecule has 0 saturated carbocycles. The van der Waals surface area contributed by atoms with Gasteiger partial charge in [0.1, 0.15) is 6.04 Å². The first-order chi connectivity index (χ1) is 11.5. The smallest absolute Gasteiger partial charge is 0.236 e. The van der Waals surface area contributed by atoms with Crippen LogP contribution in [0.5, 0.6) is 0 Å². The summed E-state index contributed by atoms with van der Waals surface area (Å²) in [5.74, 6) is 1.18. The lowest BCUT2D eigenvalue weighted by molar-refractivity contribution is -0.134. The zero-order valence-corrected chi connectivity index (χ0v) is 15.4. The molecule has 6 nitrogen and oxygen atoms in total. The van der Waals surface area contributed by atoms with E-state index in [4.69, 9.17) is 4.74 Å². The van der Waals surface area contributed by atoms with E-state index in [-0.39, 0.29) is 11.9 Å². The number of hydrogen-bond donors (Lipinski definition) is 0. The number of amides is 1. The van der Waals surface area contributed by atoms with E-state index < -0.39 is 0 Å². The quantitative estimate of drug-likeness (QED) is 0.725. The van der Waals surface area contributed by atoms with Gasteiger partial charge in [-0.15, -0.1) is 0 Å². The van der Waals surface area contributed by atoms with Crippen molar-refractivity contribution in [1.29, 1.82) is 5.26 Å². The SMILES string of the molecule is CC(C)[C@@H](C#N)N1CCN(C(=O)CN(C)CC2CCOCC2)CC1. The van der Waals surface area contributed by atoms with Crippen molar-refractivity contribution in [3.8, 4) is 6.07 Å². The molecule has 0 radical (unpaired) electrons. The van der Waals surface area contributed by atoms with Gasteiger partial charge in [0.25, 0.3) is 0 Å². The Morgan fingerprint density at radius 1 is 1.25 bits per heavy atom. The number of likely N-dealkylation sites (N-methyl/N-ethyl adjacent to an activating group) is 1. The lowest BCUT2D eigenvalue weighted by Gasteiger charge is -2.38. The van der Waals surface area contributed by atoms with Crippen molar-refractivity contribution in [1.82, 2.24) is 14.7 Å². The fourth-order valence-electron chi connectivity index (χ4n) is 3.67. The third-order valence-corrected chi connectivity index (χ3v) is 5.14. The summed E-state index contributed by atoms with van der Waals surface area (Å²) < 4.78 is 5.39. The van der Waals surface area contributed by atoms with Crippen LogP contribution in [0.4, 0.5) is 0 Å². The second-order valence-corrected chi connectivity index (χ2v) is 7.49. The van der Waals surface area contributed by atoms with Gasteiger partial charge < -0.3 is 9.64 Å². The molecular formula is C18H32N4O2. The number of nitriles is 1. The minimum atomic E-state index is -0.0431. The van der Waals surface area contributed by atoms with Crippen LogP contribution in [-0.2, 0) is 9.53 Å². The molecule has 2 saturated heterocycles. The fourth-order valence-corrected chi connectivity index (χ4v) is 3.67. The van der Waals surface area contributed by atoms with Crippen LogP contribution in [0.2, 0.25) is 0 Å². The largest absolute Gasteiger partial charge is 0.381 e. The van der Waals surface area contributed by atoms with Crippen LogP contribution in [0.25, 0.3) is 0 Å². The van der Waals surface area contributed by atoms with Crippen molar-refractivity contribution in [2.24, 2.45) is 11.8 Å². The van der Waals surface area contributed by atoms with Crippen molar-refractivity contribution in [3.63, 3.8) is 0 Å². The summed E-state index contributed by atoms with van der Waals surface area (Å²) in [5.41, 5.74) is 0. The van der Waals surface area contributed by atoms with E-state index in [1.54, 1.807) is 0 Å². The Kier molecular flexibility index (Phi) is 7.47. The van der Waals surface area contributed by atoms with E-state index in [1.807, 2.05) is 11.9 Å².